The van der Waals surface area contributed by atoms with Crippen molar-refractivity contribution in [3.05, 3.63) is 11.6 Å². The number of hydrogen-bond acceptors (Lipinski definition) is 2. The number of allylic oxidation sites excluding steroid dienone is 1. The van der Waals surface area contributed by atoms with Crippen molar-refractivity contribution in [1.29, 1.82) is 0 Å². The Hall–Kier alpha value is -0.830. The lowest BCUT2D eigenvalue weighted by molar-refractivity contribution is -0.132. The van der Waals surface area contributed by atoms with Crippen LogP contribution in [0, 0.1) is 0 Å². The van der Waals surface area contributed by atoms with Crippen LogP contribution in [0.2, 0.25) is 0 Å². The van der Waals surface area contributed by atoms with E-state index in [0.717, 1.165) is 12.8 Å². The van der Waals surface area contributed by atoms with E-state index in [-0.39, 0.29) is 0 Å². The highest BCUT2D eigenvalue weighted by Crippen LogP contribution is 2.11. The number of carboxylic acid groups (broad SMARTS) is 1. The monoisotopic (exact) mass is 239 g/mol. The molecular formula is C14H25NO2. The van der Waals surface area contributed by atoms with E-state index in [4.69, 9.17) is 5.11 Å². The van der Waals surface area contributed by atoms with Crippen molar-refractivity contribution < 1.29 is 9.90 Å². The highest BCUT2D eigenvalue weighted by molar-refractivity contribution is 5.85. The number of unbranched alkanes of at least 4 members (excludes halogenated alkanes) is 6. The van der Waals surface area contributed by atoms with Gasteiger partial charge in [0.2, 0.25) is 0 Å². The fourth-order valence-electron chi connectivity index (χ4n) is 1.89. The molecule has 1 aliphatic heterocycles. The highest BCUT2D eigenvalue weighted by atomic mass is 16.4. The molecule has 1 heterocycles. The summed E-state index contributed by atoms with van der Waals surface area (Å²) in [5, 5.41) is 8.66. The van der Waals surface area contributed by atoms with Gasteiger partial charge in [0.25, 0.3) is 0 Å². The second-order valence-corrected chi connectivity index (χ2v) is 4.94. The Labute approximate surface area is 105 Å². The Morgan fingerprint density at radius 1 is 1.12 bits per heavy atom. The van der Waals surface area contributed by atoms with Gasteiger partial charge in [-0.3, -0.25) is 0 Å². The van der Waals surface area contributed by atoms with Gasteiger partial charge in [0.15, 0.2) is 0 Å². The van der Waals surface area contributed by atoms with Crippen LogP contribution in [-0.2, 0) is 4.79 Å². The summed E-state index contributed by atoms with van der Waals surface area (Å²) in [5.74, 6) is -0.792. The summed E-state index contributed by atoms with van der Waals surface area (Å²) in [5.41, 5.74) is 0.475. The third-order valence-corrected chi connectivity index (χ3v) is 3.26. The van der Waals surface area contributed by atoms with Crippen LogP contribution in [0.3, 0.4) is 0 Å². The molecule has 0 aromatic rings. The lowest BCUT2D eigenvalue weighted by Crippen LogP contribution is -1.98. The van der Waals surface area contributed by atoms with Crippen LogP contribution >= 0.6 is 0 Å². The molecule has 0 radical (unpaired) electrons. The first-order chi connectivity index (χ1) is 8.20. The van der Waals surface area contributed by atoms with Crippen molar-refractivity contribution in [2.45, 2.75) is 51.9 Å². The lowest BCUT2D eigenvalue weighted by Gasteiger charge is -2.01. The van der Waals surface area contributed by atoms with E-state index < -0.39 is 5.97 Å². The topological polar surface area (TPSA) is 40.3 Å². The molecule has 1 aliphatic rings. The summed E-state index contributed by atoms with van der Waals surface area (Å²) < 4.78 is 0. The first-order valence-electron chi connectivity index (χ1n) is 6.82. The molecule has 1 N–H and O–H groups in total. The van der Waals surface area contributed by atoms with E-state index in [2.05, 4.69) is 4.90 Å². The normalized spacial score (nSPS) is 16.2. The number of aliphatic carboxylic acids is 1. The molecule has 1 saturated heterocycles. The second kappa shape index (κ2) is 8.29. The smallest absolute Gasteiger partial charge is 0.330 e. The van der Waals surface area contributed by atoms with E-state index in [1.807, 2.05) is 6.08 Å². The predicted molar refractivity (Wildman–Crippen MR) is 70.2 cm³/mol. The summed E-state index contributed by atoms with van der Waals surface area (Å²) in [6, 6.07) is 0. The van der Waals surface area contributed by atoms with Gasteiger partial charge in [-0.15, -0.1) is 0 Å². The van der Waals surface area contributed by atoms with Crippen molar-refractivity contribution in [2.75, 3.05) is 19.6 Å². The van der Waals surface area contributed by atoms with Gasteiger partial charge >= 0.3 is 5.97 Å². The quantitative estimate of drug-likeness (QED) is 0.362. The van der Waals surface area contributed by atoms with Crippen LogP contribution in [0.25, 0.3) is 0 Å². The second-order valence-electron chi connectivity index (χ2n) is 4.94. The zero-order chi connectivity index (χ0) is 12.5. The highest BCUT2D eigenvalue weighted by Gasteiger charge is 2.14. The van der Waals surface area contributed by atoms with Crippen molar-refractivity contribution in [3.8, 4) is 0 Å². The van der Waals surface area contributed by atoms with Crippen LogP contribution < -0.4 is 0 Å². The minimum atomic E-state index is -0.792. The Bertz CT molecular complexity index is 257. The molecule has 0 bridgehead atoms. The van der Waals surface area contributed by atoms with Crippen LogP contribution in [-0.4, -0.2) is 35.6 Å². The van der Waals surface area contributed by atoms with Crippen molar-refractivity contribution >= 4 is 5.97 Å². The largest absolute Gasteiger partial charge is 0.478 e. The SMILES string of the molecule is CC(=CCCCCCCCCN1CC1)C(=O)O. The van der Waals surface area contributed by atoms with Gasteiger partial charge in [-0.25, -0.2) is 4.79 Å². The zero-order valence-corrected chi connectivity index (χ0v) is 11.0. The maximum atomic E-state index is 10.5. The van der Waals surface area contributed by atoms with Crippen LogP contribution in [0.15, 0.2) is 11.6 Å². The molecule has 0 unspecified atom stereocenters. The van der Waals surface area contributed by atoms with Crippen molar-refractivity contribution in [1.82, 2.24) is 4.90 Å². The van der Waals surface area contributed by atoms with E-state index in [1.54, 1.807) is 6.92 Å². The molecule has 0 aromatic heterocycles. The molecule has 0 aromatic carbocycles. The molecule has 0 spiro atoms. The number of hydrogen-bond donors (Lipinski definition) is 1. The molecular weight excluding hydrogens is 214 g/mol. The Balaban J connectivity index is 1.80. The fraction of sp³-hybridized carbons (Fsp3) is 0.786. The van der Waals surface area contributed by atoms with E-state index in [0.29, 0.717) is 5.57 Å². The predicted octanol–water partition coefficient (Wildman–Crippen LogP) is 3.06. The average molecular weight is 239 g/mol. The standard InChI is InChI=1S/C14H25NO2/c1-13(14(16)17)9-7-5-3-2-4-6-8-10-15-11-12-15/h9H,2-8,10-12H2,1H3,(H,16,17). The first kappa shape index (κ1) is 14.2. The number of carboxylic acids is 1. The van der Waals surface area contributed by atoms with E-state index >= 15 is 0 Å². The Kier molecular flexibility index (Phi) is 6.94. The minimum Gasteiger partial charge on any atom is -0.478 e. The van der Waals surface area contributed by atoms with Gasteiger partial charge < -0.3 is 10.0 Å². The Morgan fingerprint density at radius 3 is 2.29 bits per heavy atom. The maximum Gasteiger partial charge on any atom is 0.330 e. The van der Waals surface area contributed by atoms with Crippen molar-refractivity contribution in [2.24, 2.45) is 0 Å². The summed E-state index contributed by atoms with van der Waals surface area (Å²) >= 11 is 0. The van der Waals surface area contributed by atoms with Gasteiger partial charge in [0, 0.05) is 18.7 Å². The van der Waals surface area contributed by atoms with Crippen LogP contribution in [0.5, 0.6) is 0 Å². The summed E-state index contributed by atoms with van der Waals surface area (Å²) in [7, 11) is 0. The summed E-state index contributed by atoms with van der Waals surface area (Å²) in [4.78, 5) is 13.0. The van der Waals surface area contributed by atoms with Gasteiger partial charge in [-0.05, 0) is 32.7 Å². The van der Waals surface area contributed by atoms with Gasteiger partial charge in [-0.2, -0.15) is 0 Å². The number of carbonyl (C=O) groups is 1. The maximum absolute atomic E-state index is 10.5. The molecule has 1 rings (SSSR count). The van der Waals surface area contributed by atoms with Crippen LogP contribution in [0.4, 0.5) is 0 Å². The molecule has 98 valence electrons. The zero-order valence-electron chi connectivity index (χ0n) is 11.0. The molecule has 17 heavy (non-hydrogen) atoms. The Morgan fingerprint density at radius 2 is 1.71 bits per heavy atom. The average Bonchev–Trinajstić information content (AvgIpc) is 3.10. The molecule has 3 nitrogen and oxygen atoms in total. The van der Waals surface area contributed by atoms with E-state index in [1.165, 1.54) is 51.7 Å². The fourth-order valence-corrected chi connectivity index (χ4v) is 1.89. The molecule has 0 atom stereocenters. The third-order valence-electron chi connectivity index (χ3n) is 3.26. The molecule has 0 aliphatic carbocycles. The summed E-state index contributed by atoms with van der Waals surface area (Å²) in [6.45, 7) is 5.58. The van der Waals surface area contributed by atoms with Gasteiger partial charge in [0.05, 0.1) is 0 Å². The third kappa shape index (κ3) is 7.97. The molecule has 3 heteroatoms. The lowest BCUT2D eigenvalue weighted by atomic mass is 10.1. The first-order valence-corrected chi connectivity index (χ1v) is 6.82. The van der Waals surface area contributed by atoms with E-state index in [9.17, 15) is 4.79 Å². The van der Waals surface area contributed by atoms with Gasteiger partial charge in [0.1, 0.15) is 0 Å². The molecule has 0 saturated carbocycles. The minimum absolute atomic E-state index is 0.475. The number of nitrogens with zero attached hydrogens (tertiary/aromatic N) is 1. The molecule has 0 amide bonds. The molecule has 1 fully saturated rings. The summed E-state index contributed by atoms with van der Waals surface area (Å²) in [6.07, 6.45) is 10.4. The van der Waals surface area contributed by atoms with Crippen LogP contribution in [0.1, 0.15) is 51.9 Å². The van der Waals surface area contributed by atoms with Gasteiger partial charge in [-0.1, -0.05) is 31.8 Å². The number of rotatable bonds is 10. The van der Waals surface area contributed by atoms with Crippen molar-refractivity contribution in [3.63, 3.8) is 0 Å².